The Kier molecular flexibility index (Phi) is 3.41. The van der Waals surface area contributed by atoms with E-state index >= 15 is 0 Å². The van der Waals surface area contributed by atoms with E-state index in [1.54, 1.807) is 24.0 Å². The molecule has 4 heteroatoms. The molecule has 2 aromatic rings. The highest BCUT2D eigenvalue weighted by Crippen LogP contribution is 2.19. The fourth-order valence-electron chi connectivity index (χ4n) is 1.26. The summed E-state index contributed by atoms with van der Waals surface area (Å²) in [6, 6.07) is 10.1. The molecule has 16 heavy (non-hydrogen) atoms. The predicted octanol–water partition coefficient (Wildman–Crippen LogP) is 2.66. The lowest BCUT2D eigenvalue weighted by atomic mass is 10.2. The Morgan fingerprint density at radius 2 is 1.94 bits per heavy atom. The largest absolute Gasteiger partial charge is 0.384 e. The maximum atomic E-state index is 5.58. The summed E-state index contributed by atoms with van der Waals surface area (Å²) in [6.07, 6.45) is 1.68. The van der Waals surface area contributed by atoms with E-state index in [1.165, 1.54) is 11.1 Å². The smallest absolute Gasteiger partial charge is 0.189 e. The average molecular weight is 231 g/mol. The predicted molar refractivity (Wildman–Crippen MR) is 67.2 cm³/mol. The third-order valence-corrected chi connectivity index (χ3v) is 3.08. The van der Waals surface area contributed by atoms with Gasteiger partial charge in [-0.25, -0.2) is 9.97 Å². The van der Waals surface area contributed by atoms with Gasteiger partial charge in [0, 0.05) is 11.9 Å². The molecule has 0 amide bonds. The Morgan fingerprint density at radius 3 is 2.62 bits per heavy atom. The summed E-state index contributed by atoms with van der Waals surface area (Å²) in [4.78, 5) is 8.28. The summed E-state index contributed by atoms with van der Waals surface area (Å²) in [5.41, 5.74) is 8.12. The van der Waals surface area contributed by atoms with Gasteiger partial charge in [0.25, 0.3) is 0 Å². The van der Waals surface area contributed by atoms with Crippen LogP contribution in [0.25, 0.3) is 0 Å². The van der Waals surface area contributed by atoms with E-state index in [2.05, 4.69) is 41.2 Å². The Bertz CT molecular complexity index is 468. The number of aromatic nitrogens is 2. The van der Waals surface area contributed by atoms with Crippen molar-refractivity contribution in [2.45, 2.75) is 17.8 Å². The van der Waals surface area contributed by atoms with Crippen LogP contribution in [0.3, 0.4) is 0 Å². The Labute approximate surface area is 99.1 Å². The second-order valence-corrected chi connectivity index (χ2v) is 4.48. The van der Waals surface area contributed by atoms with Crippen LogP contribution in [0.15, 0.2) is 41.7 Å². The number of nitrogen functional groups attached to an aromatic ring is 1. The van der Waals surface area contributed by atoms with Gasteiger partial charge in [-0.2, -0.15) is 0 Å². The van der Waals surface area contributed by atoms with Crippen LogP contribution in [-0.2, 0) is 5.75 Å². The highest BCUT2D eigenvalue weighted by atomic mass is 32.2. The molecule has 0 unspecified atom stereocenters. The number of nitrogens with two attached hydrogens (primary N) is 1. The van der Waals surface area contributed by atoms with Crippen molar-refractivity contribution in [2.24, 2.45) is 0 Å². The molecule has 0 aliphatic carbocycles. The molecule has 0 spiro atoms. The minimum atomic E-state index is 0.515. The highest BCUT2D eigenvalue weighted by molar-refractivity contribution is 7.98. The maximum Gasteiger partial charge on any atom is 0.189 e. The van der Waals surface area contributed by atoms with Crippen molar-refractivity contribution in [3.63, 3.8) is 0 Å². The third-order valence-electron chi connectivity index (χ3n) is 2.14. The van der Waals surface area contributed by atoms with Crippen LogP contribution >= 0.6 is 11.8 Å². The number of nitrogens with zero attached hydrogens (tertiary/aromatic N) is 2. The molecule has 0 saturated heterocycles. The van der Waals surface area contributed by atoms with Gasteiger partial charge in [-0.15, -0.1) is 0 Å². The molecule has 2 N–H and O–H groups in total. The fraction of sp³-hybridized carbons (Fsp3) is 0.167. The zero-order valence-corrected chi connectivity index (χ0v) is 9.87. The van der Waals surface area contributed by atoms with Gasteiger partial charge in [-0.3, -0.25) is 0 Å². The first-order valence-electron chi connectivity index (χ1n) is 5.01. The first-order valence-corrected chi connectivity index (χ1v) is 5.99. The number of rotatable bonds is 3. The minimum absolute atomic E-state index is 0.515. The van der Waals surface area contributed by atoms with Gasteiger partial charge in [-0.1, -0.05) is 41.6 Å². The normalized spacial score (nSPS) is 10.3. The van der Waals surface area contributed by atoms with Gasteiger partial charge in [0.15, 0.2) is 5.16 Å². The number of hydrogen-bond donors (Lipinski definition) is 1. The second-order valence-electron chi connectivity index (χ2n) is 3.54. The molecule has 0 fully saturated rings. The van der Waals surface area contributed by atoms with Crippen LogP contribution in [0.2, 0.25) is 0 Å². The Morgan fingerprint density at radius 1 is 1.19 bits per heavy atom. The van der Waals surface area contributed by atoms with Crippen LogP contribution in [0.1, 0.15) is 11.1 Å². The van der Waals surface area contributed by atoms with E-state index in [-0.39, 0.29) is 0 Å². The Hall–Kier alpha value is -1.55. The highest BCUT2D eigenvalue weighted by Gasteiger charge is 1.99. The van der Waals surface area contributed by atoms with Crippen molar-refractivity contribution in [2.75, 3.05) is 5.73 Å². The molecule has 82 valence electrons. The summed E-state index contributed by atoms with van der Waals surface area (Å²) in [7, 11) is 0. The number of thioether (sulfide) groups is 1. The maximum absolute atomic E-state index is 5.58. The van der Waals surface area contributed by atoms with Crippen LogP contribution in [0, 0.1) is 6.92 Å². The van der Waals surface area contributed by atoms with Gasteiger partial charge >= 0.3 is 0 Å². The van der Waals surface area contributed by atoms with E-state index in [4.69, 9.17) is 5.73 Å². The first kappa shape index (κ1) is 11.0. The number of benzene rings is 1. The number of anilines is 1. The molecule has 0 radical (unpaired) electrons. The van der Waals surface area contributed by atoms with E-state index < -0.39 is 0 Å². The van der Waals surface area contributed by atoms with Gasteiger partial charge in [-0.05, 0) is 18.6 Å². The summed E-state index contributed by atoms with van der Waals surface area (Å²) in [5, 5.41) is 0.723. The van der Waals surface area contributed by atoms with Crippen molar-refractivity contribution in [1.29, 1.82) is 0 Å². The van der Waals surface area contributed by atoms with Crippen LogP contribution < -0.4 is 5.73 Å². The number of hydrogen-bond acceptors (Lipinski definition) is 4. The molecule has 1 aromatic carbocycles. The first-order chi connectivity index (χ1) is 7.74. The molecule has 0 atom stereocenters. The summed E-state index contributed by atoms with van der Waals surface area (Å²) in [6.45, 7) is 2.08. The molecule has 0 saturated carbocycles. The molecule has 1 aromatic heterocycles. The molecule has 0 aliphatic heterocycles. The molecular weight excluding hydrogens is 218 g/mol. The van der Waals surface area contributed by atoms with Crippen molar-refractivity contribution >= 4 is 17.6 Å². The zero-order valence-electron chi connectivity index (χ0n) is 9.05. The van der Waals surface area contributed by atoms with Crippen LogP contribution in [0.4, 0.5) is 5.82 Å². The summed E-state index contributed by atoms with van der Waals surface area (Å²) in [5.74, 6) is 1.38. The fourth-order valence-corrected chi connectivity index (χ4v) is 2.05. The van der Waals surface area contributed by atoms with Gasteiger partial charge in [0.1, 0.15) is 5.82 Å². The summed E-state index contributed by atoms with van der Waals surface area (Å²) >= 11 is 1.59. The minimum Gasteiger partial charge on any atom is -0.384 e. The lowest BCUT2D eigenvalue weighted by Crippen LogP contribution is -1.93. The average Bonchev–Trinajstić information content (AvgIpc) is 2.28. The topological polar surface area (TPSA) is 51.8 Å². The lowest BCUT2D eigenvalue weighted by molar-refractivity contribution is 0.975. The van der Waals surface area contributed by atoms with Crippen molar-refractivity contribution < 1.29 is 0 Å². The van der Waals surface area contributed by atoms with Crippen molar-refractivity contribution in [1.82, 2.24) is 9.97 Å². The SMILES string of the molecule is Cc1ccc(CSc2nccc(N)n2)cc1. The quantitative estimate of drug-likeness (QED) is 0.651. The monoisotopic (exact) mass is 231 g/mol. The van der Waals surface area contributed by atoms with Crippen LogP contribution in [-0.4, -0.2) is 9.97 Å². The standard InChI is InChI=1S/C12H13N3S/c1-9-2-4-10(5-3-9)8-16-12-14-7-6-11(13)15-12/h2-7H,8H2,1H3,(H2,13,14,15). The van der Waals surface area contributed by atoms with Crippen LogP contribution in [0.5, 0.6) is 0 Å². The van der Waals surface area contributed by atoms with Gasteiger partial charge < -0.3 is 5.73 Å². The van der Waals surface area contributed by atoms with E-state index in [9.17, 15) is 0 Å². The molecule has 0 bridgehead atoms. The zero-order chi connectivity index (χ0) is 11.4. The summed E-state index contributed by atoms with van der Waals surface area (Å²) < 4.78 is 0. The lowest BCUT2D eigenvalue weighted by Gasteiger charge is -2.01. The molecule has 1 heterocycles. The third kappa shape index (κ3) is 2.97. The second kappa shape index (κ2) is 4.99. The number of aryl methyl sites for hydroxylation is 1. The van der Waals surface area contributed by atoms with Gasteiger partial charge in [0.05, 0.1) is 0 Å². The molecule has 0 aliphatic rings. The molecule has 3 nitrogen and oxygen atoms in total. The molecule has 2 rings (SSSR count). The van der Waals surface area contributed by atoms with Crippen molar-refractivity contribution in [3.05, 3.63) is 47.7 Å². The molecular formula is C12H13N3S. The van der Waals surface area contributed by atoms with Gasteiger partial charge in [0.2, 0.25) is 0 Å². The van der Waals surface area contributed by atoms with E-state index in [1.807, 2.05) is 0 Å². The van der Waals surface area contributed by atoms with Crippen molar-refractivity contribution in [3.8, 4) is 0 Å². The Balaban J connectivity index is 1.99. The van der Waals surface area contributed by atoms with E-state index in [0.717, 1.165) is 10.9 Å². The van der Waals surface area contributed by atoms with E-state index in [0.29, 0.717) is 5.82 Å².